The highest BCUT2D eigenvalue weighted by Gasteiger charge is 2.06. The Kier molecular flexibility index (Phi) is 4.09. The summed E-state index contributed by atoms with van der Waals surface area (Å²) in [6.45, 7) is 3.15. The van der Waals surface area contributed by atoms with Crippen LogP contribution in [0.15, 0.2) is 35.2 Å². The number of hydrogen-bond acceptors (Lipinski definition) is 3. The molecule has 0 aromatic carbocycles. The largest absolute Gasteiger partial charge is 0.349 e. The van der Waals surface area contributed by atoms with E-state index in [0.717, 1.165) is 5.56 Å². The molecule has 6 heteroatoms. The first-order valence-corrected chi connectivity index (χ1v) is 6.34. The first kappa shape index (κ1) is 12.8. The molecule has 2 aromatic heterocycles. The van der Waals surface area contributed by atoms with Gasteiger partial charge in [0.15, 0.2) is 0 Å². The van der Waals surface area contributed by atoms with Gasteiger partial charge in [-0.05, 0) is 40.5 Å². The highest BCUT2D eigenvalue weighted by molar-refractivity contribution is 9.10. The molecule has 0 unspecified atom stereocenters. The third-order valence-electron chi connectivity index (χ3n) is 2.34. The summed E-state index contributed by atoms with van der Waals surface area (Å²) in [5.74, 6) is -0.180. The Balaban J connectivity index is 1.85. The maximum Gasteiger partial charge on any atom is 0.269 e. The monoisotopic (exact) mass is 308 g/mol. The zero-order valence-corrected chi connectivity index (χ0v) is 11.5. The molecular formula is C12H13BrN4O. The molecule has 1 N–H and O–H groups in total. The van der Waals surface area contributed by atoms with Gasteiger partial charge in [-0.3, -0.25) is 9.48 Å². The molecule has 0 saturated heterocycles. The van der Waals surface area contributed by atoms with Crippen molar-refractivity contribution in [1.29, 1.82) is 0 Å². The molecule has 18 heavy (non-hydrogen) atoms. The van der Waals surface area contributed by atoms with Gasteiger partial charge < -0.3 is 5.32 Å². The number of amides is 1. The average molecular weight is 309 g/mol. The van der Waals surface area contributed by atoms with E-state index in [1.54, 1.807) is 29.1 Å². The van der Waals surface area contributed by atoms with Crippen LogP contribution in [0.5, 0.6) is 0 Å². The van der Waals surface area contributed by atoms with E-state index in [9.17, 15) is 4.79 Å². The Hall–Kier alpha value is -1.69. The minimum Gasteiger partial charge on any atom is -0.349 e. The van der Waals surface area contributed by atoms with E-state index in [2.05, 4.69) is 31.3 Å². The first-order chi connectivity index (χ1) is 8.65. The van der Waals surface area contributed by atoms with Gasteiger partial charge in [0.1, 0.15) is 10.3 Å². The van der Waals surface area contributed by atoms with Crippen molar-refractivity contribution in [3.05, 3.63) is 46.5 Å². The Morgan fingerprint density at radius 2 is 2.33 bits per heavy atom. The van der Waals surface area contributed by atoms with Gasteiger partial charge in [-0.25, -0.2) is 4.98 Å². The van der Waals surface area contributed by atoms with Crippen molar-refractivity contribution in [2.75, 3.05) is 6.54 Å². The normalized spacial score (nSPS) is 10.3. The smallest absolute Gasteiger partial charge is 0.269 e. The number of nitrogens with zero attached hydrogens (tertiary/aromatic N) is 3. The second kappa shape index (κ2) is 5.77. The Morgan fingerprint density at radius 1 is 1.50 bits per heavy atom. The lowest BCUT2D eigenvalue weighted by Crippen LogP contribution is -2.28. The lowest BCUT2D eigenvalue weighted by Gasteiger charge is -2.05. The van der Waals surface area contributed by atoms with E-state index in [0.29, 0.717) is 23.4 Å². The number of pyridine rings is 1. The molecule has 2 rings (SSSR count). The van der Waals surface area contributed by atoms with Crippen LogP contribution in [0.25, 0.3) is 0 Å². The van der Waals surface area contributed by atoms with Crippen molar-refractivity contribution in [3.8, 4) is 0 Å². The van der Waals surface area contributed by atoms with Crippen molar-refractivity contribution in [2.24, 2.45) is 0 Å². The fourth-order valence-corrected chi connectivity index (χ4v) is 1.84. The van der Waals surface area contributed by atoms with Gasteiger partial charge in [0.25, 0.3) is 5.91 Å². The quantitative estimate of drug-likeness (QED) is 0.876. The maximum atomic E-state index is 11.8. The Bertz CT molecular complexity index is 553. The number of aromatic nitrogens is 3. The van der Waals surface area contributed by atoms with E-state index in [4.69, 9.17) is 0 Å². The maximum absolute atomic E-state index is 11.8. The molecule has 5 nitrogen and oxygen atoms in total. The second-order valence-corrected chi connectivity index (χ2v) is 4.69. The standard InChI is InChI=1S/C12H13BrN4O/c1-9-7-15-17(8-9)6-5-14-12(18)10-3-2-4-11(13)16-10/h2-4,7-8H,5-6H2,1H3,(H,14,18). The molecule has 2 heterocycles. The summed E-state index contributed by atoms with van der Waals surface area (Å²) >= 11 is 3.23. The van der Waals surface area contributed by atoms with Gasteiger partial charge in [0, 0.05) is 12.7 Å². The number of halogens is 1. The molecule has 0 bridgehead atoms. The molecule has 2 aromatic rings. The average Bonchev–Trinajstić information content (AvgIpc) is 2.75. The summed E-state index contributed by atoms with van der Waals surface area (Å²) in [7, 11) is 0. The molecule has 0 radical (unpaired) electrons. The van der Waals surface area contributed by atoms with E-state index in [-0.39, 0.29) is 5.91 Å². The van der Waals surface area contributed by atoms with Crippen LogP contribution in [0.1, 0.15) is 16.1 Å². The second-order valence-electron chi connectivity index (χ2n) is 3.88. The van der Waals surface area contributed by atoms with Gasteiger partial charge in [-0.1, -0.05) is 6.07 Å². The summed E-state index contributed by atoms with van der Waals surface area (Å²) in [6, 6.07) is 5.24. The molecule has 0 aliphatic heterocycles. The summed E-state index contributed by atoms with van der Waals surface area (Å²) < 4.78 is 2.45. The molecular weight excluding hydrogens is 296 g/mol. The molecule has 0 aliphatic rings. The highest BCUT2D eigenvalue weighted by Crippen LogP contribution is 2.05. The zero-order chi connectivity index (χ0) is 13.0. The topological polar surface area (TPSA) is 59.8 Å². The highest BCUT2D eigenvalue weighted by atomic mass is 79.9. The summed E-state index contributed by atoms with van der Waals surface area (Å²) in [5.41, 5.74) is 1.51. The van der Waals surface area contributed by atoms with Crippen molar-refractivity contribution in [2.45, 2.75) is 13.5 Å². The predicted octanol–water partition coefficient (Wildman–Crippen LogP) is 1.78. The Morgan fingerprint density at radius 3 is 3.00 bits per heavy atom. The van der Waals surface area contributed by atoms with Gasteiger partial charge in [0.05, 0.1) is 12.7 Å². The molecule has 0 aliphatic carbocycles. The number of rotatable bonds is 4. The molecule has 0 fully saturated rings. The third-order valence-corrected chi connectivity index (χ3v) is 2.78. The minimum absolute atomic E-state index is 0.180. The number of carbonyl (C=O) groups is 1. The lowest BCUT2D eigenvalue weighted by molar-refractivity contribution is 0.0947. The molecule has 1 amide bonds. The minimum atomic E-state index is -0.180. The summed E-state index contributed by atoms with van der Waals surface area (Å²) in [4.78, 5) is 15.9. The number of aryl methyl sites for hydroxylation is 1. The van der Waals surface area contributed by atoms with Gasteiger partial charge >= 0.3 is 0 Å². The van der Waals surface area contributed by atoms with E-state index >= 15 is 0 Å². The molecule has 94 valence electrons. The van der Waals surface area contributed by atoms with Crippen LogP contribution in [0, 0.1) is 6.92 Å². The Labute approximate surface area is 113 Å². The van der Waals surface area contributed by atoms with Crippen LogP contribution < -0.4 is 5.32 Å². The first-order valence-electron chi connectivity index (χ1n) is 5.55. The summed E-state index contributed by atoms with van der Waals surface area (Å²) in [5, 5.41) is 6.94. The van der Waals surface area contributed by atoms with Crippen molar-refractivity contribution < 1.29 is 4.79 Å². The molecule has 0 saturated carbocycles. The van der Waals surface area contributed by atoms with Gasteiger partial charge in [0.2, 0.25) is 0 Å². The lowest BCUT2D eigenvalue weighted by atomic mass is 10.3. The van der Waals surface area contributed by atoms with Crippen LogP contribution in [-0.2, 0) is 6.54 Å². The number of nitrogens with one attached hydrogen (secondary N) is 1. The van der Waals surface area contributed by atoms with E-state index in [1.807, 2.05) is 13.1 Å². The van der Waals surface area contributed by atoms with E-state index in [1.165, 1.54) is 0 Å². The van der Waals surface area contributed by atoms with Crippen molar-refractivity contribution >= 4 is 21.8 Å². The van der Waals surface area contributed by atoms with E-state index < -0.39 is 0 Å². The van der Waals surface area contributed by atoms with Crippen LogP contribution in [0.2, 0.25) is 0 Å². The fourth-order valence-electron chi connectivity index (χ4n) is 1.50. The summed E-state index contributed by atoms with van der Waals surface area (Å²) in [6.07, 6.45) is 3.72. The third kappa shape index (κ3) is 3.40. The number of hydrogen-bond donors (Lipinski definition) is 1. The fraction of sp³-hybridized carbons (Fsp3) is 0.250. The molecule has 0 spiro atoms. The van der Waals surface area contributed by atoms with Gasteiger partial charge in [-0.15, -0.1) is 0 Å². The van der Waals surface area contributed by atoms with Crippen LogP contribution in [0.3, 0.4) is 0 Å². The van der Waals surface area contributed by atoms with Crippen LogP contribution in [0.4, 0.5) is 0 Å². The van der Waals surface area contributed by atoms with Crippen LogP contribution in [-0.4, -0.2) is 27.2 Å². The SMILES string of the molecule is Cc1cnn(CCNC(=O)c2cccc(Br)n2)c1. The number of carbonyl (C=O) groups excluding carboxylic acids is 1. The van der Waals surface area contributed by atoms with Crippen LogP contribution >= 0.6 is 15.9 Å². The zero-order valence-electron chi connectivity index (χ0n) is 9.93. The van der Waals surface area contributed by atoms with Crippen molar-refractivity contribution in [3.63, 3.8) is 0 Å². The van der Waals surface area contributed by atoms with Gasteiger partial charge in [-0.2, -0.15) is 5.10 Å². The predicted molar refractivity (Wildman–Crippen MR) is 71.2 cm³/mol. The van der Waals surface area contributed by atoms with Crippen molar-refractivity contribution in [1.82, 2.24) is 20.1 Å². The molecule has 0 atom stereocenters.